The molecule has 0 aliphatic heterocycles. The van der Waals surface area contributed by atoms with Crippen LogP contribution in [0.4, 0.5) is 0 Å². The second kappa shape index (κ2) is 23.3. The number of esters is 1. The molecule has 0 saturated carbocycles. The van der Waals surface area contributed by atoms with Crippen molar-refractivity contribution >= 4 is 17.3 Å². The molecule has 32 heavy (non-hydrogen) atoms. The Morgan fingerprint density at radius 3 is 1.72 bits per heavy atom. The molecule has 0 fully saturated rings. The van der Waals surface area contributed by atoms with Crippen LogP contribution in [0.15, 0.2) is 17.5 Å². The predicted molar refractivity (Wildman–Crippen MR) is 142 cm³/mol. The molecule has 1 aromatic rings. The summed E-state index contributed by atoms with van der Waals surface area (Å²) < 4.78 is 5.32. The highest BCUT2D eigenvalue weighted by Crippen LogP contribution is 2.16. The molecule has 1 rings (SSSR count). The molecule has 0 atom stereocenters. The van der Waals surface area contributed by atoms with Crippen molar-refractivity contribution in [3.63, 3.8) is 0 Å². The lowest BCUT2D eigenvalue weighted by Crippen LogP contribution is -2.05. The Balaban J connectivity index is 1.68. The molecule has 0 aliphatic carbocycles. The van der Waals surface area contributed by atoms with Gasteiger partial charge in [-0.2, -0.15) is 0 Å². The van der Waals surface area contributed by atoms with Crippen molar-refractivity contribution in [2.24, 2.45) is 0 Å². The van der Waals surface area contributed by atoms with E-state index in [4.69, 9.17) is 4.74 Å². The lowest BCUT2D eigenvalue weighted by Gasteiger charge is -2.05. The maximum absolute atomic E-state index is 11.7. The average Bonchev–Trinajstić information content (AvgIpc) is 3.32. The minimum Gasteiger partial charge on any atom is -0.466 e. The van der Waals surface area contributed by atoms with Crippen LogP contribution in [0.3, 0.4) is 0 Å². The number of hydrogen-bond donors (Lipinski definition) is 0. The Bertz CT molecular complexity index is 497. The highest BCUT2D eigenvalue weighted by atomic mass is 32.1. The van der Waals surface area contributed by atoms with Gasteiger partial charge in [0.1, 0.15) is 0 Å². The van der Waals surface area contributed by atoms with Gasteiger partial charge in [0, 0.05) is 11.3 Å². The smallest absolute Gasteiger partial charge is 0.305 e. The molecule has 0 radical (unpaired) electrons. The summed E-state index contributed by atoms with van der Waals surface area (Å²) in [5.74, 6) is 0.0128. The second-order valence-electron chi connectivity index (χ2n) is 9.52. The minimum absolute atomic E-state index is 0.0128. The Morgan fingerprint density at radius 1 is 0.688 bits per heavy atom. The number of hydrogen-bond acceptors (Lipinski definition) is 3. The fourth-order valence-electron chi connectivity index (χ4n) is 4.29. The first-order chi connectivity index (χ1) is 15.8. The largest absolute Gasteiger partial charge is 0.466 e. The van der Waals surface area contributed by atoms with E-state index < -0.39 is 0 Å². The van der Waals surface area contributed by atoms with Crippen LogP contribution in [0.1, 0.15) is 147 Å². The van der Waals surface area contributed by atoms with Crippen molar-refractivity contribution < 1.29 is 9.53 Å². The zero-order valence-corrected chi connectivity index (χ0v) is 22.0. The van der Waals surface area contributed by atoms with E-state index in [1.807, 2.05) is 11.3 Å². The zero-order valence-electron chi connectivity index (χ0n) is 21.2. The van der Waals surface area contributed by atoms with Gasteiger partial charge in [-0.1, -0.05) is 122 Å². The Morgan fingerprint density at radius 2 is 1.19 bits per heavy atom. The summed E-state index contributed by atoms with van der Waals surface area (Å²) in [4.78, 5) is 13.3. The number of aryl methyl sites for hydroxylation is 1. The highest BCUT2D eigenvalue weighted by molar-refractivity contribution is 7.09. The molecule has 1 aromatic heterocycles. The topological polar surface area (TPSA) is 26.3 Å². The summed E-state index contributed by atoms with van der Waals surface area (Å²) in [6, 6.07) is 4.43. The van der Waals surface area contributed by atoms with E-state index in [9.17, 15) is 4.79 Å². The molecule has 0 bridgehead atoms. The van der Waals surface area contributed by atoms with Gasteiger partial charge in [0.2, 0.25) is 0 Å². The first-order valence-electron chi connectivity index (χ1n) is 14.0. The van der Waals surface area contributed by atoms with Crippen LogP contribution in [0.5, 0.6) is 0 Å². The van der Waals surface area contributed by atoms with Gasteiger partial charge in [-0.05, 0) is 37.1 Å². The van der Waals surface area contributed by atoms with E-state index in [2.05, 4.69) is 24.4 Å². The van der Waals surface area contributed by atoms with E-state index in [1.54, 1.807) is 4.88 Å². The van der Waals surface area contributed by atoms with Crippen LogP contribution < -0.4 is 0 Å². The van der Waals surface area contributed by atoms with Gasteiger partial charge in [0.25, 0.3) is 0 Å². The molecular formula is C29H52O2S. The van der Waals surface area contributed by atoms with Crippen molar-refractivity contribution in [2.75, 3.05) is 6.61 Å². The van der Waals surface area contributed by atoms with Gasteiger partial charge in [-0.15, -0.1) is 11.3 Å². The second-order valence-corrected chi connectivity index (χ2v) is 10.5. The number of thiophene rings is 1. The molecule has 0 unspecified atom stereocenters. The molecule has 0 spiro atoms. The normalized spacial score (nSPS) is 11.2. The minimum atomic E-state index is 0.0128. The van der Waals surface area contributed by atoms with Crippen LogP contribution >= 0.6 is 11.3 Å². The van der Waals surface area contributed by atoms with E-state index in [-0.39, 0.29) is 5.97 Å². The predicted octanol–water partition coefficient (Wildman–Crippen LogP) is 10.0. The fraction of sp³-hybridized carbons (Fsp3) is 0.828. The van der Waals surface area contributed by atoms with Crippen molar-refractivity contribution in [2.45, 2.75) is 148 Å². The lowest BCUT2D eigenvalue weighted by atomic mass is 10.0. The third kappa shape index (κ3) is 19.8. The van der Waals surface area contributed by atoms with Crippen molar-refractivity contribution in [1.29, 1.82) is 0 Å². The maximum atomic E-state index is 11.7. The van der Waals surface area contributed by atoms with Gasteiger partial charge < -0.3 is 4.74 Å². The number of carbonyl (C=O) groups is 1. The maximum Gasteiger partial charge on any atom is 0.305 e. The Kier molecular flexibility index (Phi) is 21.3. The fourth-order valence-corrected chi connectivity index (χ4v) is 5.04. The van der Waals surface area contributed by atoms with Gasteiger partial charge >= 0.3 is 5.97 Å². The third-order valence-electron chi connectivity index (χ3n) is 6.40. The monoisotopic (exact) mass is 464 g/mol. The molecule has 0 saturated heterocycles. The molecule has 0 aromatic carbocycles. The summed E-state index contributed by atoms with van der Waals surface area (Å²) in [7, 11) is 0. The SMILES string of the molecule is CCCCCCCOC(=O)CCCCCCCCCCCCCCCCCc1cccs1. The number of rotatable bonds is 24. The van der Waals surface area contributed by atoms with E-state index in [1.165, 1.54) is 122 Å². The summed E-state index contributed by atoms with van der Waals surface area (Å²) in [6.07, 6.45) is 28.2. The zero-order chi connectivity index (χ0) is 23.0. The summed E-state index contributed by atoms with van der Waals surface area (Å²) in [5, 5.41) is 2.19. The molecule has 0 N–H and O–H groups in total. The third-order valence-corrected chi connectivity index (χ3v) is 7.33. The lowest BCUT2D eigenvalue weighted by molar-refractivity contribution is -0.143. The van der Waals surface area contributed by atoms with Crippen LogP contribution in [-0.4, -0.2) is 12.6 Å². The van der Waals surface area contributed by atoms with Crippen molar-refractivity contribution in [1.82, 2.24) is 0 Å². The van der Waals surface area contributed by atoms with E-state index >= 15 is 0 Å². The van der Waals surface area contributed by atoms with Gasteiger partial charge in [0.15, 0.2) is 0 Å². The number of carbonyl (C=O) groups excluding carboxylic acids is 1. The molecule has 186 valence electrons. The van der Waals surface area contributed by atoms with Gasteiger partial charge in [-0.25, -0.2) is 0 Å². The Labute approximate surface area is 203 Å². The summed E-state index contributed by atoms with van der Waals surface area (Å²) in [6.45, 7) is 2.84. The summed E-state index contributed by atoms with van der Waals surface area (Å²) >= 11 is 1.90. The first kappa shape index (κ1) is 29.2. The van der Waals surface area contributed by atoms with Gasteiger partial charge in [0.05, 0.1) is 6.61 Å². The summed E-state index contributed by atoms with van der Waals surface area (Å²) in [5.41, 5.74) is 0. The average molecular weight is 465 g/mol. The van der Waals surface area contributed by atoms with Gasteiger partial charge in [-0.3, -0.25) is 4.79 Å². The van der Waals surface area contributed by atoms with Crippen LogP contribution in [0.2, 0.25) is 0 Å². The highest BCUT2D eigenvalue weighted by Gasteiger charge is 2.02. The van der Waals surface area contributed by atoms with E-state index in [0.29, 0.717) is 13.0 Å². The number of unbranched alkanes of at least 4 members (excludes halogenated alkanes) is 18. The van der Waals surface area contributed by atoms with Crippen LogP contribution in [0.25, 0.3) is 0 Å². The van der Waals surface area contributed by atoms with Crippen LogP contribution in [-0.2, 0) is 16.0 Å². The molecule has 3 heteroatoms. The molecule has 0 aliphatic rings. The quantitative estimate of drug-likeness (QED) is 0.112. The standard InChI is InChI=1S/C29H52O2S/c1-2-3-4-18-21-26-31-29(30)25-20-17-15-13-11-9-7-5-6-8-10-12-14-16-19-23-28-24-22-27-32-28/h22,24,27H,2-21,23,25-26H2,1H3. The van der Waals surface area contributed by atoms with Crippen LogP contribution in [0, 0.1) is 0 Å². The van der Waals surface area contributed by atoms with Crippen molar-refractivity contribution in [3.05, 3.63) is 22.4 Å². The molecule has 2 nitrogen and oxygen atoms in total. The number of ether oxygens (including phenoxy) is 1. The molecule has 1 heterocycles. The molecule has 0 amide bonds. The van der Waals surface area contributed by atoms with Crippen molar-refractivity contribution in [3.8, 4) is 0 Å². The van der Waals surface area contributed by atoms with E-state index in [0.717, 1.165) is 12.8 Å². The first-order valence-corrected chi connectivity index (χ1v) is 14.9. The Hall–Kier alpha value is -0.830. The molecular weight excluding hydrogens is 412 g/mol.